The second-order valence-electron chi connectivity index (χ2n) is 3.84. The van der Waals surface area contributed by atoms with Crippen molar-refractivity contribution in [3.05, 3.63) is 29.3 Å². The van der Waals surface area contributed by atoms with Crippen LogP contribution in [0.4, 0.5) is 0 Å². The molecule has 0 radical (unpaired) electrons. The average Bonchev–Trinajstić information content (AvgIpc) is 2.23. The monoisotopic (exact) mass is 248 g/mol. The highest BCUT2D eigenvalue weighted by Gasteiger charge is 2.10. The molecule has 18 heavy (non-hydrogen) atoms. The third-order valence-corrected chi connectivity index (χ3v) is 2.16. The van der Waals surface area contributed by atoms with Gasteiger partial charge in [-0.15, -0.1) is 0 Å². The van der Waals surface area contributed by atoms with Crippen molar-refractivity contribution in [2.75, 3.05) is 0 Å². The molecule has 0 aliphatic rings. The zero-order valence-electron chi connectivity index (χ0n) is 10.9. The largest absolute Gasteiger partial charge is 0.426 e. The number of ether oxygens (including phenoxy) is 2. The van der Waals surface area contributed by atoms with E-state index < -0.39 is 0 Å². The third-order valence-electron chi connectivity index (χ3n) is 2.16. The van der Waals surface area contributed by atoms with Gasteiger partial charge in [0.1, 0.15) is 11.5 Å². The minimum atomic E-state index is -0.389. The van der Waals surface area contributed by atoms with Crippen LogP contribution in [-0.4, -0.2) is 11.9 Å². The molecule has 0 atom stereocenters. The number of hydrogen-bond donors (Lipinski definition) is 0. The van der Waals surface area contributed by atoms with Crippen LogP contribution in [0.1, 0.15) is 31.9 Å². The fraction of sp³-hybridized carbons (Fsp3) is 0.286. The van der Waals surface area contributed by atoms with Crippen molar-refractivity contribution < 1.29 is 19.1 Å². The van der Waals surface area contributed by atoms with E-state index in [1.165, 1.54) is 13.8 Å². The fourth-order valence-corrected chi connectivity index (χ4v) is 1.50. The number of allylic oxidation sites excluding steroid dienone is 1. The number of hydrogen-bond acceptors (Lipinski definition) is 4. The molecule has 0 N–H and O–H groups in total. The van der Waals surface area contributed by atoms with E-state index in [4.69, 9.17) is 9.47 Å². The molecule has 4 nitrogen and oxygen atoms in total. The van der Waals surface area contributed by atoms with Gasteiger partial charge >= 0.3 is 11.9 Å². The van der Waals surface area contributed by atoms with Crippen LogP contribution in [0.3, 0.4) is 0 Å². The van der Waals surface area contributed by atoms with Crippen molar-refractivity contribution in [1.29, 1.82) is 0 Å². The molecule has 0 aliphatic carbocycles. The summed E-state index contributed by atoms with van der Waals surface area (Å²) in [6, 6.07) is 3.35. The lowest BCUT2D eigenvalue weighted by Gasteiger charge is -2.11. The molecule has 96 valence electrons. The first-order chi connectivity index (χ1) is 8.43. The molecule has 4 heteroatoms. The van der Waals surface area contributed by atoms with Crippen LogP contribution < -0.4 is 9.47 Å². The van der Waals surface area contributed by atoms with Gasteiger partial charge in [-0.05, 0) is 31.5 Å². The van der Waals surface area contributed by atoms with Crippen LogP contribution in [0.15, 0.2) is 18.2 Å². The lowest BCUT2D eigenvalue weighted by Crippen LogP contribution is -2.06. The number of aryl methyl sites for hydroxylation is 1. The first kappa shape index (κ1) is 14.0. The maximum atomic E-state index is 11.0. The van der Waals surface area contributed by atoms with Crippen molar-refractivity contribution >= 4 is 18.0 Å². The molecule has 0 heterocycles. The predicted octanol–water partition coefficient (Wildman–Crippen LogP) is 2.88. The Hall–Kier alpha value is -2.10. The van der Waals surface area contributed by atoms with Gasteiger partial charge in [-0.25, -0.2) is 0 Å². The quantitative estimate of drug-likeness (QED) is 0.609. The van der Waals surface area contributed by atoms with Crippen molar-refractivity contribution in [3.8, 4) is 11.5 Å². The molecule has 0 aromatic heterocycles. The van der Waals surface area contributed by atoms with Crippen molar-refractivity contribution in [3.63, 3.8) is 0 Å². The molecule has 0 bridgehead atoms. The van der Waals surface area contributed by atoms with E-state index in [0.717, 1.165) is 5.56 Å². The van der Waals surface area contributed by atoms with Crippen LogP contribution in [0.2, 0.25) is 0 Å². The Morgan fingerprint density at radius 3 is 2.11 bits per heavy atom. The summed E-state index contributed by atoms with van der Waals surface area (Å²) in [4.78, 5) is 22.0. The molecule has 1 rings (SSSR count). The second-order valence-corrected chi connectivity index (χ2v) is 3.84. The summed E-state index contributed by atoms with van der Waals surface area (Å²) in [5.41, 5.74) is 1.42. The van der Waals surface area contributed by atoms with E-state index in [1.807, 2.05) is 13.0 Å². The number of rotatable bonds is 3. The van der Waals surface area contributed by atoms with Crippen molar-refractivity contribution in [2.45, 2.75) is 27.7 Å². The molecule has 0 aliphatic heterocycles. The normalized spacial score (nSPS) is 10.4. The molecule has 0 fully saturated rings. The highest BCUT2D eigenvalue weighted by molar-refractivity contribution is 5.74. The van der Waals surface area contributed by atoms with Crippen LogP contribution >= 0.6 is 0 Å². The third kappa shape index (κ3) is 3.73. The predicted molar refractivity (Wildman–Crippen MR) is 68.5 cm³/mol. The summed E-state index contributed by atoms with van der Waals surface area (Å²) in [5.74, 6) is 0.144. The van der Waals surface area contributed by atoms with Gasteiger partial charge in [0, 0.05) is 19.4 Å². The van der Waals surface area contributed by atoms with Gasteiger partial charge in [0.05, 0.1) is 0 Å². The smallest absolute Gasteiger partial charge is 0.308 e. The zero-order valence-corrected chi connectivity index (χ0v) is 10.9. The van der Waals surface area contributed by atoms with E-state index in [-0.39, 0.29) is 11.9 Å². The highest BCUT2D eigenvalue weighted by Crippen LogP contribution is 2.29. The van der Waals surface area contributed by atoms with Gasteiger partial charge in [0.2, 0.25) is 0 Å². The van der Waals surface area contributed by atoms with Crippen molar-refractivity contribution in [2.24, 2.45) is 0 Å². The van der Waals surface area contributed by atoms with Crippen molar-refractivity contribution in [1.82, 2.24) is 0 Å². The SMILES string of the molecule is CC=Cc1cc(OC(C)=O)c(C)cc1OC(C)=O. The van der Waals surface area contributed by atoms with Crippen LogP contribution in [0.25, 0.3) is 6.08 Å². The van der Waals surface area contributed by atoms with E-state index in [1.54, 1.807) is 25.1 Å². The summed E-state index contributed by atoms with van der Waals surface area (Å²) >= 11 is 0. The summed E-state index contributed by atoms with van der Waals surface area (Å²) in [6.07, 6.45) is 3.60. The fourth-order valence-electron chi connectivity index (χ4n) is 1.50. The molecule has 0 saturated carbocycles. The van der Waals surface area contributed by atoms with E-state index in [2.05, 4.69) is 0 Å². The topological polar surface area (TPSA) is 52.6 Å². The maximum absolute atomic E-state index is 11.0. The van der Waals surface area contributed by atoms with E-state index >= 15 is 0 Å². The molecule has 0 amide bonds. The molecule has 0 saturated heterocycles. The summed E-state index contributed by atoms with van der Waals surface area (Å²) in [7, 11) is 0. The Kier molecular flexibility index (Phi) is 4.66. The molecule has 0 unspecified atom stereocenters. The number of carbonyl (C=O) groups excluding carboxylic acids is 2. The maximum Gasteiger partial charge on any atom is 0.308 e. The van der Waals surface area contributed by atoms with Gasteiger partial charge in [0.25, 0.3) is 0 Å². The van der Waals surface area contributed by atoms with Gasteiger partial charge in [0.15, 0.2) is 0 Å². The molecular formula is C14H16O4. The summed E-state index contributed by atoms with van der Waals surface area (Å²) in [5, 5.41) is 0. The second kappa shape index (κ2) is 6.00. The van der Waals surface area contributed by atoms with Crippen LogP contribution in [0, 0.1) is 6.92 Å². The zero-order chi connectivity index (χ0) is 13.7. The van der Waals surface area contributed by atoms with E-state index in [0.29, 0.717) is 17.1 Å². The summed E-state index contributed by atoms with van der Waals surface area (Å²) in [6.45, 7) is 6.32. The minimum absolute atomic E-state index is 0.384. The molecule has 0 spiro atoms. The van der Waals surface area contributed by atoms with Gasteiger partial charge in [-0.3, -0.25) is 9.59 Å². The Morgan fingerprint density at radius 2 is 1.61 bits per heavy atom. The Balaban J connectivity index is 3.24. The first-order valence-corrected chi connectivity index (χ1v) is 5.58. The lowest BCUT2D eigenvalue weighted by atomic mass is 10.1. The molecule has 1 aromatic rings. The Morgan fingerprint density at radius 1 is 1.06 bits per heavy atom. The van der Waals surface area contributed by atoms with Gasteiger partial charge < -0.3 is 9.47 Å². The first-order valence-electron chi connectivity index (χ1n) is 5.58. The van der Waals surface area contributed by atoms with Gasteiger partial charge in [-0.2, -0.15) is 0 Å². The van der Waals surface area contributed by atoms with Crippen LogP contribution in [-0.2, 0) is 9.59 Å². The molecular weight excluding hydrogens is 232 g/mol. The number of benzene rings is 1. The molecule has 1 aromatic carbocycles. The average molecular weight is 248 g/mol. The lowest BCUT2D eigenvalue weighted by molar-refractivity contribution is -0.133. The Labute approximate surface area is 106 Å². The van der Waals surface area contributed by atoms with E-state index in [9.17, 15) is 9.59 Å². The highest BCUT2D eigenvalue weighted by atomic mass is 16.5. The summed E-state index contributed by atoms with van der Waals surface area (Å²) < 4.78 is 10.2. The number of carbonyl (C=O) groups is 2. The standard InChI is InChI=1S/C14H16O4/c1-5-6-12-8-13(17-10(3)15)9(2)7-14(12)18-11(4)16/h5-8H,1-4H3. The van der Waals surface area contributed by atoms with Crippen LogP contribution in [0.5, 0.6) is 11.5 Å². The van der Waals surface area contributed by atoms with Gasteiger partial charge in [-0.1, -0.05) is 12.2 Å². The number of esters is 2. The Bertz CT molecular complexity index is 501. The minimum Gasteiger partial charge on any atom is -0.426 e.